The van der Waals surface area contributed by atoms with Crippen molar-refractivity contribution in [2.75, 3.05) is 10.6 Å². The number of carbonyl (C=O) groups is 2. The highest BCUT2D eigenvalue weighted by molar-refractivity contribution is 7.99. The van der Waals surface area contributed by atoms with E-state index in [1.54, 1.807) is 11.4 Å². The van der Waals surface area contributed by atoms with Crippen molar-refractivity contribution in [2.45, 2.75) is 43.8 Å². The largest absolute Gasteiger partial charge is 0.326 e. The molecular formula is C21H23N3O2S3. The third kappa shape index (κ3) is 6.16. The molecule has 0 saturated carbocycles. The van der Waals surface area contributed by atoms with Gasteiger partial charge in [-0.05, 0) is 48.6 Å². The fourth-order valence-electron chi connectivity index (χ4n) is 2.54. The Morgan fingerprint density at radius 1 is 1.21 bits per heavy atom. The van der Waals surface area contributed by atoms with Crippen LogP contribution in [0.4, 0.5) is 10.8 Å². The molecule has 0 radical (unpaired) electrons. The molecule has 0 bridgehead atoms. The van der Waals surface area contributed by atoms with E-state index >= 15 is 0 Å². The highest BCUT2D eigenvalue weighted by atomic mass is 32.2. The second kappa shape index (κ2) is 10.0. The van der Waals surface area contributed by atoms with E-state index in [1.165, 1.54) is 27.6 Å². The number of anilines is 2. The van der Waals surface area contributed by atoms with Gasteiger partial charge in [0.1, 0.15) is 0 Å². The fraction of sp³-hybridized carbons (Fsp3) is 0.286. The average molecular weight is 446 g/mol. The zero-order valence-corrected chi connectivity index (χ0v) is 19.0. The number of aryl methyl sites for hydroxylation is 1. The molecule has 2 N–H and O–H groups in total. The lowest BCUT2D eigenvalue weighted by Crippen LogP contribution is -2.15. The van der Waals surface area contributed by atoms with Gasteiger partial charge in [-0.1, -0.05) is 19.9 Å². The molecule has 2 aromatic heterocycles. The number of hydrogen-bond donors (Lipinski definition) is 2. The molecule has 3 rings (SSSR count). The van der Waals surface area contributed by atoms with Crippen molar-refractivity contribution >= 4 is 57.1 Å². The van der Waals surface area contributed by atoms with Gasteiger partial charge in [0.25, 0.3) is 5.91 Å². The molecule has 0 saturated heterocycles. The van der Waals surface area contributed by atoms with E-state index in [4.69, 9.17) is 0 Å². The first-order valence-electron chi connectivity index (χ1n) is 9.31. The van der Waals surface area contributed by atoms with E-state index in [1.807, 2.05) is 42.3 Å². The lowest BCUT2D eigenvalue weighted by Gasteiger charge is -2.12. The summed E-state index contributed by atoms with van der Waals surface area (Å²) >= 11 is 4.53. The van der Waals surface area contributed by atoms with Crippen LogP contribution >= 0.6 is 34.4 Å². The number of thiazole rings is 1. The molecule has 3 aromatic rings. The third-order valence-corrected chi connectivity index (χ3v) is 7.18. The van der Waals surface area contributed by atoms with Crippen LogP contribution in [-0.4, -0.2) is 22.0 Å². The quantitative estimate of drug-likeness (QED) is 0.428. The van der Waals surface area contributed by atoms with Crippen LogP contribution in [0, 0.1) is 6.92 Å². The van der Waals surface area contributed by atoms with Crippen molar-refractivity contribution in [2.24, 2.45) is 0 Å². The number of thioether (sulfide) groups is 1. The summed E-state index contributed by atoms with van der Waals surface area (Å²) in [5, 5.41) is 10.4. The number of thiophene rings is 1. The SMILES string of the molecule is CCC(C)Sc1ccc(NC(=O)Cc2csc(NC(=O)c3cccs3)n2)c(C)c1. The number of nitrogens with one attached hydrogen (secondary N) is 2. The minimum absolute atomic E-state index is 0.128. The molecule has 0 aliphatic rings. The molecular weight excluding hydrogens is 422 g/mol. The predicted octanol–water partition coefficient (Wildman–Crippen LogP) is 5.84. The first kappa shape index (κ1) is 21.5. The van der Waals surface area contributed by atoms with Crippen molar-refractivity contribution in [1.82, 2.24) is 4.98 Å². The van der Waals surface area contributed by atoms with Crippen LogP contribution < -0.4 is 10.6 Å². The highest BCUT2D eigenvalue weighted by Gasteiger charge is 2.13. The molecule has 0 fully saturated rings. The summed E-state index contributed by atoms with van der Waals surface area (Å²) in [5.41, 5.74) is 2.48. The maximum absolute atomic E-state index is 12.4. The average Bonchev–Trinajstić information content (AvgIpc) is 3.36. The Kier molecular flexibility index (Phi) is 7.46. The highest BCUT2D eigenvalue weighted by Crippen LogP contribution is 2.28. The van der Waals surface area contributed by atoms with Gasteiger partial charge in [0.05, 0.1) is 17.0 Å². The van der Waals surface area contributed by atoms with Crippen LogP contribution in [0.3, 0.4) is 0 Å². The van der Waals surface area contributed by atoms with Gasteiger partial charge in [-0.3, -0.25) is 14.9 Å². The molecule has 1 unspecified atom stereocenters. The van der Waals surface area contributed by atoms with Crippen LogP contribution in [0.1, 0.15) is 41.2 Å². The molecule has 2 heterocycles. The lowest BCUT2D eigenvalue weighted by atomic mass is 10.2. The van der Waals surface area contributed by atoms with Crippen LogP contribution in [0.25, 0.3) is 0 Å². The van der Waals surface area contributed by atoms with Crippen molar-refractivity contribution in [3.63, 3.8) is 0 Å². The zero-order valence-electron chi connectivity index (χ0n) is 16.5. The number of aromatic nitrogens is 1. The Hall–Kier alpha value is -2.16. The smallest absolute Gasteiger partial charge is 0.267 e. The summed E-state index contributed by atoms with van der Waals surface area (Å²) in [6.45, 7) is 6.38. The van der Waals surface area contributed by atoms with Gasteiger partial charge < -0.3 is 5.32 Å². The Labute approximate surface area is 183 Å². The number of amides is 2. The minimum atomic E-state index is -0.184. The monoisotopic (exact) mass is 445 g/mol. The Morgan fingerprint density at radius 3 is 2.72 bits per heavy atom. The van der Waals surface area contributed by atoms with Crippen molar-refractivity contribution in [3.8, 4) is 0 Å². The molecule has 1 atom stereocenters. The second-order valence-electron chi connectivity index (χ2n) is 6.61. The summed E-state index contributed by atoms with van der Waals surface area (Å²) in [7, 11) is 0. The van der Waals surface area contributed by atoms with Crippen molar-refractivity contribution < 1.29 is 9.59 Å². The van der Waals surface area contributed by atoms with Gasteiger partial charge in [-0.2, -0.15) is 0 Å². The molecule has 0 spiro atoms. The van der Waals surface area contributed by atoms with E-state index in [2.05, 4.69) is 35.5 Å². The van der Waals surface area contributed by atoms with E-state index in [-0.39, 0.29) is 18.2 Å². The summed E-state index contributed by atoms with van der Waals surface area (Å²) in [5.74, 6) is -0.312. The maximum atomic E-state index is 12.4. The normalized spacial score (nSPS) is 11.8. The first-order chi connectivity index (χ1) is 13.9. The van der Waals surface area contributed by atoms with Gasteiger partial charge >= 0.3 is 0 Å². The van der Waals surface area contributed by atoms with Crippen LogP contribution in [0.5, 0.6) is 0 Å². The van der Waals surface area contributed by atoms with E-state index in [0.29, 0.717) is 21.0 Å². The number of hydrogen-bond acceptors (Lipinski definition) is 6. The third-order valence-electron chi connectivity index (χ3n) is 4.24. The van der Waals surface area contributed by atoms with Crippen molar-refractivity contribution in [3.05, 3.63) is 57.2 Å². The van der Waals surface area contributed by atoms with Gasteiger partial charge in [-0.15, -0.1) is 34.4 Å². The molecule has 8 heteroatoms. The number of rotatable bonds is 8. The Bertz CT molecular complexity index is 983. The summed E-state index contributed by atoms with van der Waals surface area (Å²) < 4.78 is 0. The lowest BCUT2D eigenvalue weighted by molar-refractivity contribution is -0.115. The molecule has 1 aromatic carbocycles. The van der Waals surface area contributed by atoms with E-state index < -0.39 is 0 Å². The van der Waals surface area contributed by atoms with Gasteiger partial charge in [0.15, 0.2) is 5.13 Å². The number of carbonyl (C=O) groups excluding carboxylic acids is 2. The number of benzene rings is 1. The molecule has 0 aliphatic carbocycles. The summed E-state index contributed by atoms with van der Waals surface area (Å²) in [6.07, 6.45) is 1.28. The van der Waals surface area contributed by atoms with Crippen LogP contribution in [-0.2, 0) is 11.2 Å². The Morgan fingerprint density at radius 2 is 2.03 bits per heavy atom. The maximum Gasteiger partial charge on any atom is 0.267 e. The minimum Gasteiger partial charge on any atom is -0.326 e. The number of nitrogens with zero attached hydrogens (tertiary/aromatic N) is 1. The zero-order chi connectivity index (χ0) is 20.8. The summed E-state index contributed by atoms with van der Waals surface area (Å²) in [6, 6.07) is 9.69. The topological polar surface area (TPSA) is 71.1 Å². The Balaban J connectivity index is 1.56. The van der Waals surface area contributed by atoms with Gasteiger partial charge in [0.2, 0.25) is 5.91 Å². The van der Waals surface area contributed by atoms with Crippen molar-refractivity contribution in [1.29, 1.82) is 0 Å². The molecule has 5 nitrogen and oxygen atoms in total. The predicted molar refractivity (Wildman–Crippen MR) is 124 cm³/mol. The van der Waals surface area contributed by atoms with Crippen LogP contribution in [0.2, 0.25) is 0 Å². The standard InChI is InChI=1S/C21H23N3O2S3/c1-4-14(3)29-16-7-8-17(13(2)10-16)23-19(25)11-15-12-28-21(22-15)24-20(26)18-6-5-9-27-18/h5-10,12,14H,4,11H2,1-3H3,(H,23,25)(H,22,24,26). The molecule has 2 amide bonds. The molecule has 152 valence electrons. The fourth-order valence-corrected chi connectivity index (χ4v) is 4.88. The second-order valence-corrected chi connectivity index (χ2v) is 9.93. The molecule has 29 heavy (non-hydrogen) atoms. The van der Waals surface area contributed by atoms with Crippen LogP contribution in [0.15, 0.2) is 46.0 Å². The van der Waals surface area contributed by atoms with E-state index in [0.717, 1.165) is 17.7 Å². The van der Waals surface area contributed by atoms with Gasteiger partial charge in [0, 0.05) is 21.2 Å². The first-order valence-corrected chi connectivity index (χ1v) is 11.9. The van der Waals surface area contributed by atoms with E-state index in [9.17, 15) is 9.59 Å². The summed E-state index contributed by atoms with van der Waals surface area (Å²) in [4.78, 5) is 30.7. The van der Waals surface area contributed by atoms with Gasteiger partial charge in [-0.25, -0.2) is 4.98 Å². The molecule has 0 aliphatic heterocycles.